The van der Waals surface area contributed by atoms with Crippen LogP contribution in [0.4, 0.5) is 4.39 Å². The third-order valence-corrected chi connectivity index (χ3v) is 5.08. The van der Waals surface area contributed by atoms with Crippen LogP contribution in [0.15, 0.2) is 24.3 Å². The molecule has 4 rings (SSSR count). The zero-order valence-corrected chi connectivity index (χ0v) is 14.4. The predicted molar refractivity (Wildman–Crippen MR) is 91.5 cm³/mol. The van der Waals surface area contributed by atoms with E-state index in [1.54, 1.807) is 12.1 Å². The maximum Gasteiger partial charge on any atom is 0.275 e. The zero-order valence-electron chi connectivity index (χ0n) is 14.4. The van der Waals surface area contributed by atoms with Gasteiger partial charge in [0.2, 0.25) is 0 Å². The lowest BCUT2D eigenvalue weighted by molar-refractivity contribution is 0.00318. The first-order chi connectivity index (χ1) is 12.1. The molecule has 0 saturated carbocycles. The van der Waals surface area contributed by atoms with Gasteiger partial charge < -0.3 is 9.64 Å². The largest absolute Gasteiger partial charge is 0.377 e. The highest BCUT2D eigenvalue weighted by Gasteiger charge is 2.31. The highest BCUT2D eigenvalue weighted by Crippen LogP contribution is 2.28. The Morgan fingerprint density at radius 3 is 2.76 bits per heavy atom. The van der Waals surface area contributed by atoms with E-state index in [0.29, 0.717) is 25.5 Å². The smallest absolute Gasteiger partial charge is 0.275 e. The first kappa shape index (κ1) is 16.3. The van der Waals surface area contributed by atoms with Crippen molar-refractivity contribution in [3.05, 3.63) is 47.0 Å². The normalized spacial score (nSPS) is 20.4. The van der Waals surface area contributed by atoms with Gasteiger partial charge in [0.1, 0.15) is 5.82 Å². The van der Waals surface area contributed by atoms with E-state index >= 15 is 0 Å². The number of benzene rings is 1. The van der Waals surface area contributed by atoms with Crippen molar-refractivity contribution in [2.75, 3.05) is 19.8 Å². The van der Waals surface area contributed by atoms with E-state index in [2.05, 4.69) is 5.10 Å². The van der Waals surface area contributed by atoms with Gasteiger partial charge in [-0.25, -0.2) is 9.07 Å². The fraction of sp³-hybridized carbons (Fsp3) is 0.474. The minimum Gasteiger partial charge on any atom is -0.377 e. The molecule has 1 atom stereocenters. The molecule has 0 spiro atoms. The minimum absolute atomic E-state index is 0.0187. The van der Waals surface area contributed by atoms with E-state index in [1.165, 1.54) is 12.1 Å². The van der Waals surface area contributed by atoms with Crippen molar-refractivity contribution in [2.24, 2.45) is 0 Å². The summed E-state index contributed by atoms with van der Waals surface area (Å²) in [6.45, 7) is 3.72. The molecule has 0 bridgehead atoms. The molecule has 0 radical (unpaired) electrons. The molecule has 5 nitrogen and oxygen atoms in total. The van der Waals surface area contributed by atoms with Gasteiger partial charge in [0.25, 0.3) is 5.91 Å². The maximum absolute atomic E-state index is 13.3. The Morgan fingerprint density at radius 2 is 2.00 bits per heavy atom. The van der Waals surface area contributed by atoms with Crippen LogP contribution in [0.5, 0.6) is 0 Å². The summed E-state index contributed by atoms with van der Waals surface area (Å²) in [5.41, 5.74) is 3.49. The zero-order chi connectivity index (χ0) is 17.4. The highest BCUT2D eigenvalue weighted by atomic mass is 19.1. The molecule has 1 aliphatic heterocycles. The van der Waals surface area contributed by atoms with Crippen molar-refractivity contribution in [2.45, 2.75) is 38.6 Å². The van der Waals surface area contributed by atoms with Gasteiger partial charge in [0, 0.05) is 17.8 Å². The van der Waals surface area contributed by atoms with Crippen LogP contribution in [-0.4, -0.2) is 46.4 Å². The van der Waals surface area contributed by atoms with Gasteiger partial charge in [-0.2, -0.15) is 5.10 Å². The summed E-state index contributed by atoms with van der Waals surface area (Å²) in [5, 5.41) is 4.66. The number of carbonyl (C=O) groups excluding carboxylic acids is 1. The lowest BCUT2D eigenvalue weighted by Crippen LogP contribution is -2.47. The second-order valence-corrected chi connectivity index (χ2v) is 6.79. The second kappa shape index (κ2) is 6.59. The van der Waals surface area contributed by atoms with E-state index in [1.807, 2.05) is 16.5 Å². The van der Waals surface area contributed by atoms with Crippen LogP contribution in [0.25, 0.3) is 5.69 Å². The van der Waals surface area contributed by atoms with Gasteiger partial charge in [-0.1, -0.05) is 0 Å². The topological polar surface area (TPSA) is 47.4 Å². The Balaban J connectivity index is 1.75. The number of hydrogen-bond acceptors (Lipinski definition) is 3. The molecule has 1 aromatic heterocycles. The standard InChI is InChI=1S/C19H22FN3O2/c1-13-12-25-11-10-22(13)19(24)18-16-4-2-3-5-17(16)23(21-18)15-8-6-14(20)7-9-15/h6-9,13H,2-5,10-12H2,1H3/t13-/m0/s1. The number of halogens is 1. The lowest BCUT2D eigenvalue weighted by Gasteiger charge is -2.33. The van der Waals surface area contributed by atoms with Gasteiger partial charge in [0.15, 0.2) is 5.69 Å². The number of amides is 1. The molecule has 2 aromatic rings. The number of nitrogens with zero attached hydrogens (tertiary/aromatic N) is 3. The van der Waals surface area contributed by atoms with E-state index in [0.717, 1.165) is 42.6 Å². The van der Waals surface area contributed by atoms with Crippen LogP contribution < -0.4 is 0 Å². The first-order valence-corrected chi connectivity index (χ1v) is 8.90. The Labute approximate surface area is 146 Å². The van der Waals surface area contributed by atoms with Crippen LogP contribution in [0.2, 0.25) is 0 Å². The summed E-state index contributed by atoms with van der Waals surface area (Å²) in [6.07, 6.45) is 3.92. The van der Waals surface area contributed by atoms with E-state index in [9.17, 15) is 9.18 Å². The van der Waals surface area contributed by atoms with Crippen molar-refractivity contribution >= 4 is 5.91 Å². The summed E-state index contributed by atoms with van der Waals surface area (Å²) in [5.74, 6) is -0.293. The lowest BCUT2D eigenvalue weighted by atomic mass is 9.95. The predicted octanol–water partition coefficient (Wildman–Crippen LogP) is 2.75. The summed E-state index contributed by atoms with van der Waals surface area (Å²) >= 11 is 0. The number of aromatic nitrogens is 2. The summed E-state index contributed by atoms with van der Waals surface area (Å²) in [6, 6.07) is 6.33. The number of ether oxygens (including phenoxy) is 1. The first-order valence-electron chi connectivity index (χ1n) is 8.90. The molecule has 2 aliphatic rings. The third-order valence-electron chi connectivity index (χ3n) is 5.08. The molecule has 1 saturated heterocycles. The van der Waals surface area contributed by atoms with Gasteiger partial charge in [-0.3, -0.25) is 4.79 Å². The summed E-state index contributed by atoms with van der Waals surface area (Å²) in [4.78, 5) is 15.0. The van der Waals surface area contributed by atoms with Gasteiger partial charge in [-0.05, 0) is 56.9 Å². The van der Waals surface area contributed by atoms with Crippen LogP contribution in [-0.2, 0) is 17.6 Å². The van der Waals surface area contributed by atoms with Crippen molar-refractivity contribution in [3.63, 3.8) is 0 Å². The molecule has 1 aromatic carbocycles. The van der Waals surface area contributed by atoms with E-state index < -0.39 is 0 Å². The van der Waals surface area contributed by atoms with E-state index in [-0.39, 0.29) is 17.8 Å². The molecule has 2 heterocycles. The summed E-state index contributed by atoms with van der Waals surface area (Å²) < 4.78 is 20.5. The third kappa shape index (κ3) is 2.95. The van der Waals surface area contributed by atoms with Gasteiger partial charge >= 0.3 is 0 Å². The Morgan fingerprint density at radius 1 is 1.24 bits per heavy atom. The molecule has 1 aliphatic carbocycles. The number of fused-ring (bicyclic) bond motifs is 1. The molecule has 0 unspecified atom stereocenters. The fourth-order valence-electron chi connectivity index (χ4n) is 3.73. The van der Waals surface area contributed by atoms with Crippen molar-refractivity contribution in [1.29, 1.82) is 0 Å². The molecular formula is C19H22FN3O2. The molecule has 1 fully saturated rings. The number of carbonyl (C=O) groups is 1. The molecule has 0 N–H and O–H groups in total. The monoisotopic (exact) mass is 343 g/mol. The SMILES string of the molecule is C[C@H]1COCCN1C(=O)c1nn(-c2ccc(F)cc2)c2c1CCCC2. The molecular weight excluding hydrogens is 321 g/mol. The quantitative estimate of drug-likeness (QED) is 0.842. The average molecular weight is 343 g/mol. The van der Waals surface area contributed by atoms with Gasteiger partial charge in [-0.15, -0.1) is 0 Å². The Kier molecular flexibility index (Phi) is 4.29. The molecule has 132 valence electrons. The highest BCUT2D eigenvalue weighted by molar-refractivity contribution is 5.94. The van der Waals surface area contributed by atoms with Crippen molar-refractivity contribution < 1.29 is 13.9 Å². The number of hydrogen-bond donors (Lipinski definition) is 0. The van der Waals surface area contributed by atoms with Crippen LogP contribution in [0, 0.1) is 5.82 Å². The van der Waals surface area contributed by atoms with E-state index in [4.69, 9.17) is 4.74 Å². The summed E-state index contributed by atoms with van der Waals surface area (Å²) in [7, 11) is 0. The molecule has 1 amide bonds. The number of morpholine rings is 1. The maximum atomic E-state index is 13.3. The van der Waals surface area contributed by atoms with Crippen LogP contribution in [0.3, 0.4) is 0 Å². The minimum atomic E-state index is -0.275. The average Bonchev–Trinajstić information content (AvgIpc) is 3.02. The van der Waals surface area contributed by atoms with Crippen LogP contribution >= 0.6 is 0 Å². The molecule has 25 heavy (non-hydrogen) atoms. The number of rotatable bonds is 2. The van der Waals surface area contributed by atoms with Crippen LogP contribution in [0.1, 0.15) is 41.5 Å². The molecule has 6 heteroatoms. The fourth-order valence-corrected chi connectivity index (χ4v) is 3.73. The van der Waals surface area contributed by atoms with Gasteiger partial charge in [0.05, 0.1) is 24.9 Å². The van der Waals surface area contributed by atoms with Crippen molar-refractivity contribution in [3.8, 4) is 5.69 Å². The second-order valence-electron chi connectivity index (χ2n) is 6.79. The Hall–Kier alpha value is -2.21. The Bertz CT molecular complexity index is 785. The van der Waals surface area contributed by atoms with Crippen molar-refractivity contribution in [1.82, 2.24) is 14.7 Å².